The molecule has 140 valence electrons. The van der Waals surface area contributed by atoms with Crippen LogP contribution in [0.25, 0.3) is 0 Å². The van der Waals surface area contributed by atoms with Crippen molar-refractivity contribution in [1.29, 1.82) is 0 Å². The zero-order chi connectivity index (χ0) is 18.7. The number of hydrogen-bond acceptors (Lipinski definition) is 8. The number of rotatable bonds is 12. The molecule has 25 heavy (non-hydrogen) atoms. The van der Waals surface area contributed by atoms with E-state index in [4.69, 9.17) is 5.11 Å². The number of aldehydes is 4. The van der Waals surface area contributed by atoms with Gasteiger partial charge in [-0.25, -0.2) is 0 Å². The molecule has 0 aromatic carbocycles. The molecule has 1 rings (SSSR count). The molecule has 0 aromatic rings. The van der Waals surface area contributed by atoms with Crippen LogP contribution in [-0.2, 0) is 24.0 Å². The normalized spacial score (nSPS) is 18.4. The van der Waals surface area contributed by atoms with E-state index in [9.17, 15) is 24.0 Å². The summed E-state index contributed by atoms with van der Waals surface area (Å²) in [5.74, 6) is -0.982. The van der Waals surface area contributed by atoms with E-state index in [2.05, 4.69) is 0 Å². The Bertz CT molecular complexity index is 454. The lowest BCUT2D eigenvalue weighted by Crippen LogP contribution is -2.60. The Morgan fingerprint density at radius 3 is 1.76 bits per heavy atom. The molecule has 9 nitrogen and oxygen atoms in total. The zero-order valence-corrected chi connectivity index (χ0v) is 14.2. The van der Waals surface area contributed by atoms with E-state index in [-0.39, 0.29) is 39.0 Å². The van der Waals surface area contributed by atoms with Gasteiger partial charge in [-0.3, -0.25) is 19.5 Å². The fourth-order valence-corrected chi connectivity index (χ4v) is 3.34. The van der Waals surface area contributed by atoms with E-state index in [1.807, 2.05) is 9.80 Å². The highest BCUT2D eigenvalue weighted by atomic mass is 16.4. The second-order valence-corrected chi connectivity index (χ2v) is 6.16. The Hall–Kier alpha value is -1.97. The average Bonchev–Trinajstić information content (AvgIpc) is 2.74. The van der Waals surface area contributed by atoms with Crippen LogP contribution in [0, 0.1) is 0 Å². The Labute approximate surface area is 146 Å². The van der Waals surface area contributed by atoms with Crippen molar-refractivity contribution in [3.05, 3.63) is 0 Å². The van der Waals surface area contributed by atoms with E-state index in [1.54, 1.807) is 4.90 Å². The molecule has 1 aliphatic rings. The molecular weight excluding hydrogens is 330 g/mol. The third-order valence-corrected chi connectivity index (χ3v) is 4.50. The predicted molar refractivity (Wildman–Crippen MR) is 88.3 cm³/mol. The molecule has 0 amide bonds. The van der Waals surface area contributed by atoms with Gasteiger partial charge in [0.15, 0.2) is 0 Å². The van der Waals surface area contributed by atoms with Gasteiger partial charge in [-0.1, -0.05) is 0 Å². The van der Waals surface area contributed by atoms with Crippen LogP contribution in [0.2, 0.25) is 0 Å². The summed E-state index contributed by atoms with van der Waals surface area (Å²) >= 11 is 0. The molecule has 0 spiro atoms. The van der Waals surface area contributed by atoms with Gasteiger partial charge in [0.05, 0.1) is 26.2 Å². The van der Waals surface area contributed by atoms with E-state index >= 15 is 0 Å². The minimum atomic E-state index is -0.982. The molecule has 1 aliphatic heterocycles. The largest absolute Gasteiger partial charge is 0.481 e. The second-order valence-electron chi connectivity index (χ2n) is 6.16. The van der Waals surface area contributed by atoms with Gasteiger partial charge in [-0.05, 0) is 6.42 Å². The zero-order valence-electron chi connectivity index (χ0n) is 14.2. The summed E-state index contributed by atoms with van der Waals surface area (Å²) in [6.45, 7) is 2.05. The lowest BCUT2D eigenvalue weighted by Gasteiger charge is -2.45. The highest BCUT2D eigenvalue weighted by Crippen LogP contribution is 2.26. The maximum atomic E-state index is 11.1. The molecule has 0 atom stereocenters. The Morgan fingerprint density at radius 1 is 0.920 bits per heavy atom. The van der Waals surface area contributed by atoms with Crippen molar-refractivity contribution in [2.45, 2.75) is 18.4 Å². The number of nitrogens with zero attached hydrogens (tertiary/aromatic N) is 3. The first-order chi connectivity index (χ1) is 12.0. The molecule has 0 aliphatic carbocycles. The summed E-state index contributed by atoms with van der Waals surface area (Å²) < 4.78 is 0. The number of carbonyl (C=O) groups excluding carboxylic acids is 4. The van der Waals surface area contributed by atoms with Gasteiger partial charge in [-0.2, -0.15) is 0 Å². The SMILES string of the molecule is O=CCN1CCN(CC=O)CC(CCC(=O)O)(N(CC=O)CC=O)C1. The van der Waals surface area contributed by atoms with Crippen molar-refractivity contribution in [2.24, 2.45) is 0 Å². The van der Waals surface area contributed by atoms with Gasteiger partial charge in [0.1, 0.15) is 25.1 Å². The Morgan fingerprint density at radius 2 is 1.40 bits per heavy atom. The average molecular weight is 355 g/mol. The first-order valence-electron chi connectivity index (χ1n) is 8.17. The van der Waals surface area contributed by atoms with Crippen LogP contribution < -0.4 is 0 Å². The molecule has 1 N–H and O–H groups in total. The molecule has 0 unspecified atom stereocenters. The number of carbonyl (C=O) groups is 5. The standard InChI is InChI=1S/C16H25N3O6/c20-9-5-17-3-4-18(6-10-21)14-16(13-17,2-1-15(24)25)19(7-11-22)8-12-23/h9-12H,1-8,13-14H2,(H,24,25). The van der Waals surface area contributed by atoms with E-state index in [0.29, 0.717) is 38.8 Å². The van der Waals surface area contributed by atoms with Crippen molar-refractivity contribution in [2.75, 3.05) is 52.4 Å². The van der Waals surface area contributed by atoms with Crippen molar-refractivity contribution in [1.82, 2.24) is 14.7 Å². The van der Waals surface area contributed by atoms with Crippen LogP contribution in [0.3, 0.4) is 0 Å². The summed E-state index contributed by atoms with van der Waals surface area (Å²) in [4.78, 5) is 60.6. The summed E-state index contributed by atoms with van der Waals surface area (Å²) in [6, 6.07) is 0. The van der Waals surface area contributed by atoms with Crippen LogP contribution in [0.5, 0.6) is 0 Å². The predicted octanol–water partition coefficient (Wildman–Crippen LogP) is -1.69. The molecular formula is C16H25N3O6. The summed E-state index contributed by atoms with van der Waals surface area (Å²) in [7, 11) is 0. The second kappa shape index (κ2) is 10.8. The molecule has 0 saturated carbocycles. The van der Waals surface area contributed by atoms with Gasteiger partial charge in [0.25, 0.3) is 0 Å². The summed E-state index contributed by atoms with van der Waals surface area (Å²) in [6.07, 6.45) is 2.94. The number of carboxylic acid groups (broad SMARTS) is 1. The van der Waals surface area contributed by atoms with E-state index in [0.717, 1.165) is 12.6 Å². The Balaban J connectivity index is 3.23. The van der Waals surface area contributed by atoms with Crippen molar-refractivity contribution < 1.29 is 29.1 Å². The molecule has 9 heteroatoms. The molecule has 0 bridgehead atoms. The first-order valence-corrected chi connectivity index (χ1v) is 8.17. The molecule has 1 heterocycles. The third kappa shape index (κ3) is 6.45. The summed E-state index contributed by atoms with van der Waals surface area (Å²) in [5, 5.41) is 9.11. The van der Waals surface area contributed by atoms with Crippen LogP contribution in [0.1, 0.15) is 12.8 Å². The van der Waals surface area contributed by atoms with Crippen LogP contribution in [-0.4, -0.2) is 109 Å². The smallest absolute Gasteiger partial charge is 0.303 e. The van der Waals surface area contributed by atoms with Gasteiger partial charge in [0, 0.05) is 38.1 Å². The van der Waals surface area contributed by atoms with Crippen LogP contribution in [0.4, 0.5) is 0 Å². The van der Waals surface area contributed by atoms with E-state index < -0.39 is 11.5 Å². The Kier molecular flexibility index (Phi) is 9.11. The fraction of sp³-hybridized carbons (Fsp3) is 0.688. The highest BCUT2D eigenvalue weighted by molar-refractivity contribution is 5.67. The number of aliphatic carboxylic acids is 1. The number of carboxylic acids is 1. The highest BCUT2D eigenvalue weighted by Gasteiger charge is 2.41. The first kappa shape index (κ1) is 21.1. The third-order valence-electron chi connectivity index (χ3n) is 4.50. The van der Waals surface area contributed by atoms with Crippen LogP contribution >= 0.6 is 0 Å². The maximum absolute atomic E-state index is 11.1. The minimum Gasteiger partial charge on any atom is -0.481 e. The fourth-order valence-electron chi connectivity index (χ4n) is 3.34. The topological polar surface area (TPSA) is 115 Å². The summed E-state index contributed by atoms with van der Waals surface area (Å²) in [5.41, 5.74) is -0.817. The van der Waals surface area contributed by atoms with Gasteiger partial charge < -0.3 is 24.3 Å². The number of hydrogen-bond donors (Lipinski definition) is 1. The van der Waals surface area contributed by atoms with Crippen LogP contribution in [0.15, 0.2) is 0 Å². The quantitative estimate of drug-likeness (QED) is 0.409. The van der Waals surface area contributed by atoms with Crippen molar-refractivity contribution >= 4 is 31.1 Å². The van der Waals surface area contributed by atoms with Gasteiger partial charge in [0.2, 0.25) is 0 Å². The molecule has 1 saturated heterocycles. The molecule has 0 radical (unpaired) electrons. The maximum Gasteiger partial charge on any atom is 0.303 e. The molecule has 0 aromatic heterocycles. The van der Waals surface area contributed by atoms with Gasteiger partial charge in [-0.15, -0.1) is 0 Å². The lowest BCUT2D eigenvalue weighted by molar-refractivity contribution is -0.138. The van der Waals surface area contributed by atoms with Gasteiger partial charge >= 0.3 is 5.97 Å². The molecule has 1 fully saturated rings. The minimum absolute atomic E-state index is 0.0256. The van der Waals surface area contributed by atoms with Crippen molar-refractivity contribution in [3.8, 4) is 0 Å². The van der Waals surface area contributed by atoms with E-state index in [1.165, 1.54) is 0 Å². The monoisotopic (exact) mass is 355 g/mol. The lowest BCUT2D eigenvalue weighted by atomic mass is 9.89. The van der Waals surface area contributed by atoms with Crippen molar-refractivity contribution in [3.63, 3.8) is 0 Å².